The van der Waals surface area contributed by atoms with E-state index < -0.39 is 0 Å². The molecule has 0 unspecified atom stereocenters. The first-order valence-electron chi connectivity index (χ1n) is 13.9. The standard InChI is InChI=1S/C32H33N5O3/c1-39-24-8-11-29-26(17-24)32(40-36-29)18-27(32)23-7-9-25-28(34-35-30(25)16-23)10-6-20-2-4-21(5-3-20)19-37-14-12-22(13-15-37)31(33)38/h2-11,16-17,22,27,36H,12-15,18-19H2,1H3,(H2,33,38)(H,34,35)/b10-6+/t27-,32-/m0/s1. The predicted molar refractivity (Wildman–Crippen MR) is 155 cm³/mol. The number of hydrogen-bond donors (Lipinski definition) is 3. The molecule has 8 nitrogen and oxygen atoms in total. The Kier molecular flexibility index (Phi) is 6.09. The maximum absolute atomic E-state index is 11.4. The minimum absolute atomic E-state index is 0.0274. The molecule has 1 amide bonds. The molecule has 4 aromatic rings. The van der Waals surface area contributed by atoms with Crippen LogP contribution in [0.15, 0.2) is 60.7 Å². The Morgan fingerprint density at radius 3 is 2.73 bits per heavy atom. The summed E-state index contributed by atoms with van der Waals surface area (Å²) in [5.74, 6) is 0.974. The van der Waals surface area contributed by atoms with E-state index >= 15 is 0 Å². The van der Waals surface area contributed by atoms with E-state index in [1.54, 1.807) is 7.11 Å². The number of amides is 1. The van der Waals surface area contributed by atoms with E-state index in [9.17, 15) is 4.79 Å². The van der Waals surface area contributed by atoms with Gasteiger partial charge in [-0.15, -0.1) is 0 Å². The van der Waals surface area contributed by atoms with Gasteiger partial charge in [-0.1, -0.05) is 42.5 Å². The summed E-state index contributed by atoms with van der Waals surface area (Å²) in [4.78, 5) is 19.9. The summed E-state index contributed by atoms with van der Waals surface area (Å²) in [6.45, 7) is 2.72. The number of aromatic nitrogens is 2. The fourth-order valence-electron chi connectivity index (χ4n) is 6.28. The number of benzene rings is 3. The summed E-state index contributed by atoms with van der Waals surface area (Å²) in [5, 5.41) is 8.89. The van der Waals surface area contributed by atoms with Crippen molar-refractivity contribution < 1.29 is 14.4 Å². The molecule has 0 radical (unpaired) electrons. The largest absolute Gasteiger partial charge is 0.497 e. The summed E-state index contributed by atoms with van der Waals surface area (Å²) in [7, 11) is 1.69. The summed E-state index contributed by atoms with van der Waals surface area (Å²) in [5.41, 5.74) is 16.0. The minimum atomic E-state index is -0.341. The molecule has 2 aliphatic heterocycles. The molecule has 3 heterocycles. The highest BCUT2D eigenvalue weighted by Gasteiger charge is 2.62. The van der Waals surface area contributed by atoms with Crippen molar-refractivity contribution in [3.05, 3.63) is 88.6 Å². The second-order valence-electron chi connectivity index (χ2n) is 11.2. The molecular formula is C32H33N5O3. The Morgan fingerprint density at radius 2 is 1.95 bits per heavy atom. The lowest BCUT2D eigenvalue weighted by Gasteiger charge is -2.30. The molecule has 204 valence electrons. The first kappa shape index (κ1) is 24.9. The molecule has 3 aliphatic rings. The molecule has 1 saturated carbocycles. The maximum Gasteiger partial charge on any atom is 0.220 e. The van der Waals surface area contributed by atoms with Crippen molar-refractivity contribution in [1.82, 2.24) is 15.1 Å². The highest BCUT2D eigenvalue weighted by Crippen LogP contribution is 2.65. The molecule has 1 aliphatic carbocycles. The Morgan fingerprint density at radius 1 is 1.12 bits per heavy atom. The lowest BCUT2D eigenvalue weighted by molar-refractivity contribution is -0.123. The fourth-order valence-corrected chi connectivity index (χ4v) is 6.28. The number of carbonyl (C=O) groups excluding carboxylic acids is 1. The number of ether oxygens (including phenoxy) is 1. The van der Waals surface area contributed by atoms with E-state index in [1.165, 1.54) is 11.1 Å². The lowest BCUT2D eigenvalue weighted by Crippen LogP contribution is -2.38. The van der Waals surface area contributed by atoms with Crippen LogP contribution < -0.4 is 16.0 Å². The molecule has 1 spiro atoms. The van der Waals surface area contributed by atoms with Crippen molar-refractivity contribution in [3.8, 4) is 5.75 Å². The van der Waals surface area contributed by atoms with Gasteiger partial charge in [0.25, 0.3) is 0 Å². The van der Waals surface area contributed by atoms with E-state index in [4.69, 9.17) is 15.3 Å². The number of piperidine rings is 1. The fraction of sp³-hybridized carbons (Fsp3) is 0.312. The Bertz CT molecular complexity index is 1600. The van der Waals surface area contributed by atoms with Crippen LogP contribution in [0.1, 0.15) is 53.1 Å². The minimum Gasteiger partial charge on any atom is -0.497 e. The number of carbonyl (C=O) groups is 1. The van der Waals surface area contributed by atoms with Crippen molar-refractivity contribution in [1.29, 1.82) is 0 Å². The Balaban J connectivity index is 1.02. The van der Waals surface area contributed by atoms with Crippen LogP contribution in [0.4, 0.5) is 5.69 Å². The number of likely N-dealkylation sites (tertiary alicyclic amines) is 1. The average molecular weight is 536 g/mol. The van der Waals surface area contributed by atoms with Crippen LogP contribution in [0.2, 0.25) is 0 Å². The van der Waals surface area contributed by atoms with E-state index in [-0.39, 0.29) is 23.3 Å². The maximum atomic E-state index is 11.4. The SMILES string of the molecule is COc1ccc2c(c1)[C@]1(C[C@H]1c1ccc3c(/C=C/c4ccc(CN5CCC(C(N)=O)CC5)cc4)n[nH]c3c1)ON2. The molecule has 0 bridgehead atoms. The van der Waals surface area contributed by atoms with Gasteiger partial charge in [0.05, 0.1) is 24.0 Å². The van der Waals surface area contributed by atoms with E-state index in [0.29, 0.717) is 0 Å². The van der Waals surface area contributed by atoms with Gasteiger partial charge in [-0.25, -0.2) is 0 Å². The normalized spacial score (nSPS) is 22.6. The van der Waals surface area contributed by atoms with Crippen molar-refractivity contribution in [2.75, 3.05) is 25.7 Å². The van der Waals surface area contributed by atoms with Crippen LogP contribution in [0.5, 0.6) is 5.75 Å². The Hall–Kier alpha value is -4.14. The van der Waals surface area contributed by atoms with Gasteiger partial charge in [0.2, 0.25) is 5.91 Å². The number of rotatable bonds is 7. The average Bonchev–Trinajstić information content (AvgIpc) is 3.41. The van der Waals surface area contributed by atoms with E-state index in [2.05, 4.69) is 81.3 Å². The van der Waals surface area contributed by atoms with Gasteiger partial charge in [-0.3, -0.25) is 25.1 Å². The number of methoxy groups -OCH3 is 1. The third-order valence-corrected chi connectivity index (χ3v) is 8.76. The van der Waals surface area contributed by atoms with Gasteiger partial charge in [0.15, 0.2) is 0 Å². The summed E-state index contributed by atoms with van der Waals surface area (Å²) in [6, 6.07) is 21.2. The molecule has 2 atom stereocenters. The number of primary amides is 1. The number of fused-ring (bicyclic) bond motifs is 3. The van der Waals surface area contributed by atoms with Gasteiger partial charge < -0.3 is 10.5 Å². The molecule has 2 fully saturated rings. The van der Waals surface area contributed by atoms with Gasteiger partial charge >= 0.3 is 0 Å². The molecule has 8 heteroatoms. The summed E-state index contributed by atoms with van der Waals surface area (Å²) < 4.78 is 5.45. The number of nitrogens with two attached hydrogens (primary N) is 1. The number of hydrogen-bond acceptors (Lipinski definition) is 6. The van der Waals surface area contributed by atoms with Gasteiger partial charge in [-0.05, 0) is 79.4 Å². The number of nitrogens with one attached hydrogen (secondary N) is 2. The predicted octanol–water partition coefficient (Wildman–Crippen LogP) is 5.18. The van der Waals surface area contributed by atoms with Crippen molar-refractivity contribution in [2.45, 2.75) is 37.3 Å². The highest BCUT2D eigenvalue weighted by atomic mass is 16.7. The first-order chi connectivity index (χ1) is 19.5. The van der Waals surface area contributed by atoms with Crippen molar-refractivity contribution >= 4 is 34.6 Å². The number of nitrogens with zero attached hydrogens (tertiary/aromatic N) is 2. The van der Waals surface area contributed by atoms with Crippen LogP contribution in [0, 0.1) is 5.92 Å². The molecular weight excluding hydrogens is 502 g/mol. The number of anilines is 1. The third-order valence-electron chi connectivity index (χ3n) is 8.76. The zero-order valence-electron chi connectivity index (χ0n) is 22.5. The van der Waals surface area contributed by atoms with Gasteiger partial charge in [-0.2, -0.15) is 5.10 Å². The Labute approximate surface area is 233 Å². The molecule has 7 rings (SSSR count). The van der Waals surface area contributed by atoms with Crippen molar-refractivity contribution in [3.63, 3.8) is 0 Å². The van der Waals surface area contributed by atoms with Crippen LogP contribution in [-0.2, 0) is 21.8 Å². The van der Waals surface area contributed by atoms with E-state index in [0.717, 1.165) is 78.1 Å². The van der Waals surface area contributed by atoms with Crippen LogP contribution in [0.3, 0.4) is 0 Å². The summed E-state index contributed by atoms with van der Waals surface area (Å²) >= 11 is 0. The van der Waals surface area contributed by atoms with Crippen LogP contribution in [0.25, 0.3) is 23.1 Å². The molecule has 4 N–H and O–H groups in total. The monoisotopic (exact) mass is 535 g/mol. The van der Waals surface area contributed by atoms with Gasteiger partial charge in [0.1, 0.15) is 11.4 Å². The second-order valence-corrected chi connectivity index (χ2v) is 11.2. The zero-order chi connectivity index (χ0) is 27.3. The van der Waals surface area contributed by atoms with Crippen LogP contribution in [-0.4, -0.2) is 41.2 Å². The highest BCUT2D eigenvalue weighted by molar-refractivity contribution is 5.90. The second kappa shape index (κ2) is 9.80. The number of aromatic amines is 1. The summed E-state index contributed by atoms with van der Waals surface area (Å²) in [6.07, 6.45) is 6.79. The first-order valence-corrected chi connectivity index (χ1v) is 13.9. The van der Waals surface area contributed by atoms with Gasteiger partial charge in [0, 0.05) is 29.3 Å². The smallest absolute Gasteiger partial charge is 0.220 e. The van der Waals surface area contributed by atoms with E-state index in [1.807, 2.05) is 12.1 Å². The molecule has 3 aromatic carbocycles. The van der Waals surface area contributed by atoms with Crippen molar-refractivity contribution in [2.24, 2.45) is 11.7 Å². The van der Waals surface area contributed by atoms with Crippen LogP contribution >= 0.6 is 0 Å². The quantitative estimate of drug-likeness (QED) is 0.301. The molecule has 1 saturated heterocycles. The molecule has 1 aromatic heterocycles. The zero-order valence-corrected chi connectivity index (χ0v) is 22.5. The number of H-pyrrole nitrogens is 1. The lowest BCUT2D eigenvalue weighted by atomic mass is 9.96. The molecule has 40 heavy (non-hydrogen) atoms. The third kappa shape index (κ3) is 4.43. The topological polar surface area (TPSA) is 106 Å².